The summed E-state index contributed by atoms with van der Waals surface area (Å²) in [6.45, 7) is 1.77. The van der Waals surface area contributed by atoms with E-state index in [-0.39, 0.29) is 5.82 Å². The molecular formula is C11H8FN5O. The molecule has 0 bridgehead atoms. The molecule has 0 aliphatic heterocycles. The minimum Gasteiger partial charge on any atom is -0.333 e. The molecule has 0 atom stereocenters. The van der Waals surface area contributed by atoms with Crippen LogP contribution in [0.25, 0.3) is 23.1 Å². The predicted molar refractivity (Wildman–Crippen MR) is 59.8 cm³/mol. The molecule has 0 aliphatic rings. The largest absolute Gasteiger partial charge is 0.333 e. The van der Waals surface area contributed by atoms with Gasteiger partial charge in [-0.2, -0.15) is 10.1 Å². The van der Waals surface area contributed by atoms with E-state index in [0.717, 1.165) is 5.56 Å². The van der Waals surface area contributed by atoms with Crippen molar-refractivity contribution in [3.05, 3.63) is 35.9 Å². The van der Waals surface area contributed by atoms with Crippen LogP contribution in [0.15, 0.2) is 29.0 Å². The number of benzene rings is 1. The van der Waals surface area contributed by atoms with E-state index in [1.165, 1.54) is 18.5 Å². The molecule has 0 spiro atoms. The van der Waals surface area contributed by atoms with Gasteiger partial charge < -0.3 is 4.52 Å². The molecule has 0 radical (unpaired) electrons. The number of nitrogens with one attached hydrogen (secondary N) is 1. The topological polar surface area (TPSA) is 80.5 Å². The van der Waals surface area contributed by atoms with Crippen LogP contribution in [0, 0.1) is 12.7 Å². The maximum atomic E-state index is 13.0. The molecule has 1 aromatic carbocycles. The van der Waals surface area contributed by atoms with E-state index >= 15 is 0 Å². The van der Waals surface area contributed by atoms with Gasteiger partial charge >= 0.3 is 0 Å². The van der Waals surface area contributed by atoms with Crippen LogP contribution in [0.2, 0.25) is 0 Å². The number of aryl methyl sites for hydroxylation is 1. The molecular weight excluding hydrogens is 237 g/mol. The van der Waals surface area contributed by atoms with Crippen molar-refractivity contribution >= 4 is 0 Å². The molecule has 6 nitrogen and oxygen atoms in total. The Kier molecular flexibility index (Phi) is 2.36. The van der Waals surface area contributed by atoms with Crippen molar-refractivity contribution in [1.82, 2.24) is 25.3 Å². The maximum absolute atomic E-state index is 13.0. The Morgan fingerprint density at radius 1 is 1.33 bits per heavy atom. The molecule has 3 aromatic rings. The molecule has 2 heterocycles. The molecule has 1 N–H and O–H groups in total. The van der Waals surface area contributed by atoms with Crippen LogP contribution in [0.4, 0.5) is 4.39 Å². The Hall–Kier alpha value is -2.57. The lowest BCUT2D eigenvalue weighted by molar-refractivity contribution is 0.431. The van der Waals surface area contributed by atoms with Crippen molar-refractivity contribution < 1.29 is 8.91 Å². The van der Waals surface area contributed by atoms with Gasteiger partial charge in [0.1, 0.15) is 12.1 Å². The third kappa shape index (κ3) is 1.75. The summed E-state index contributed by atoms with van der Waals surface area (Å²) in [5.74, 6) is 0.751. The predicted octanol–water partition coefficient (Wildman–Crippen LogP) is 1.97. The first-order chi connectivity index (χ1) is 8.74. The standard InChI is InChI=1S/C11H8FN5O/c1-6-4-7(12)2-3-8(6)11-15-10(17-18-11)9-13-5-14-16-9/h2-5H,1H3,(H,13,14,16). The SMILES string of the molecule is Cc1cc(F)ccc1-c1nc(-c2ncn[nH]2)no1. The van der Waals surface area contributed by atoms with Gasteiger partial charge in [-0.05, 0) is 30.7 Å². The zero-order chi connectivity index (χ0) is 12.5. The Labute approximate surface area is 101 Å². The smallest absolute Gasteiger partial charge is 0.258 e. The fraction of sp³-hybridized carbons (Fsp3) is 0.0909. The maximum Gasteiger partial charge on any atom is 0.258 e. The fourth-order valence-corrected chi connectivity index (χ4v) is 1.61. The molecule has 0 fully saturated rings. The van der Waals surface area contributed by atoms with Gasteiger partial charge in [0.05, 0.1) is 0 Å². The Bertz CT molecular complexity index is 677. The van der Waals surface area contributed by atoms with Crippen molar-refractivity contribution in [3.63, 3.8) is 0 Å². The number of aromatic nitrogens is 5. The quantitative estimate of drug-likeness (QED) is 0.746. The number of rotatable bonds is 2. The number of H-pyrrole nitrogens is 1. The molecule has 2 aromatic heterocycles. The summed E-state index contributed by atoms with van der Waals surface area (Å²) in [6, 6.07) is 4.36. The van der Waals surface area contributed by atoms with Gasteiger partial charge in [0.25, 0.3) is 5.89 Å². The highest BCUT2D eigenvalue weighted by molar-refractivity contribution is 5.59. The van der Waals surface area contributed by atoms with Gasteiger partial charge in [0.2, 0.25) is 5.82 Å². The summed E-state index contributed by atoms with van der Waals surface area (Å²) in [7, 11) is 0. The van der Waals surface area contributed by atoms with Gasteiger partial charge in [0.15, 0.2) is 5.82 Å². The lowest BCUT2D eigenvalue weighted by Gasteiger charge is -1.99. The van der Waals surface area contributed by atoms with Crippen LogP contribution in [0.5, 0.6) is 0 Å². The first-order valence-corrected chi connectivity index (χ1v) is 5.20. The van der Waals surface area contributed by atoms with Gasteiger partial charge in [0, 0.05) is 5.56 Å². The van der Waals surface area contributed by atoms with Crippen LogP contribution >= 0.6 is 0 Å². The highest BCUT2D eigenvalue weighted by atomic mass is 19.1. The summed E-state index contributed by atoms with van der Waals surface area (Å²) < 4.78 is 18.1. The molecule has 7 heteroatoms. The van der Waals surface area contributed by atoms with E-state index < -0.39 is 0 Å². The minimum atomic E-state index is -0.300. The Morgan fingerprint density at radius 3 is 2.94 bits per heavy atom. The molecule has 0 saturated heterocycles. The van der Waals surface area contributed by atoms with Crippen LogP contribution in [-0.4, -0.2) is 25.3 Å². The number of halogens is 1. The zero-order valence-corrected chi connectivity index (χ0v) is 9.38. The zero-order valence-electron chi connectivity index (χ0n) is 9.38. The lowest BCUT2D eigenvalue weighted by atomic mass is 10.1. The molecule has 3 rings (SSSR count). The van der Waals surface area contributed by atoms with Crippen molar-refractivity contribution in [1.29, 1.82) is 0 Å². The summed E-state index contributed by atoms with van der Waals surface area (Å²) in [5.41, 5.74) is 1.41. The van der Waals surface area contributed by atoms with Gasteiger partial charge in [-0.3, -0.25) is 5.10 Å². The van der Waals surface area contributed by atoms with Crippen molar-refractivity contribution in [3.8, 4) is 23.1 Å². The summed E-state index contributed by atoms with van der Waals surface area (Å²) in [6.07, 6.45) is 1.36. The molecule has 90 valence electrons. The second-order valence-corrected chi connectivity index (χ2v) is 3.72. The second kappa shape index (κ2) is 4.02. The number of hydrogen-bond acceptors (Lipinski definition) is 5. The number of aromatic amines is 1. The average Bonchev–Trinajstić information content (AvgIpc) is 2.99. The van der Waals surface area contributed by atoms with E-state index in [1.54, 1.807) is 13.0 Å². The molecule has 0 aliphatic carbocycles. The highest BCUT2D eigenvalue weighted by Crippen LogP contribution is 2.23. The van der Waals surface area contributed by atoms with Crippen molar-refractivity contribution in [2.24, 2.45) is 0 Å². The van der Waals surface area contributed by atoms with Gasteiger partial charge in [-0.25, -0.2) is 9.37 Å². The summed E-state index contributed by atoms with van der Waals surface area (Å²) in [5, 5.41) is 10.1. The monoisotopic (exact) mass is 245 g/mol. The van der Waals surface area contributed by atoms with Crippen LogP contribution in [-0.2, 0) is 0 Å². The van der Waals surface area contributed by atoms with E-state index in [0.29, 0.717) is 23.1 Å². The van der Waals surface area contributed by atoms with Gasteiger partial charge in [-0.15, -0.1) is 0 Å². The first-order valence-electron chi connectivity index (χ1n) is 5.20. The van der Waals surface area contributed by atoms with Crippen LogP contribution in [0.3, 0.4) is 0 Å². The Morgan fingerprint density at radius 2 is 2.22 bits per heavy atom. The van der Waals surface area contributed by atoms with E-state index in [4.69, 9.17) is 4.52 Å². The van der Waals surface area contributed by atoms with Crippen LogP contribution < -0.4 is 0 Å². The number of nitrogens with zero attached hydrogens (tertiary/aromatic N) is 4. The normalized spacial score (nSPS) is 10.8. The van der Waals surface area contributed by atoms with Crippen molar-refractivity contribution in [2.75, 3.05) is 0 Å². The van der Waals surface area contributed by atoms with E-state index in [2.05, 4.69) is 25.3 Å². The fourth-order valence-electron chi connectivity index (χ4n) is 1.61. The molecule has 0 saturated carbocycles. The highest BCUT2D eigenvalue weighted by Gasteiger charge is 2.14. The third-order valence-electron chi connectivity index (χ3n) is 2.47. The van der Waals surface area contributed by atoms with E-state index in [9.17, 15) is 4.39 Å². The third-order valence-corrected chi connectivity index (χ3v) is 2.47. The molecule has 18 heavy (non-hydrogen) atoms. The average molecular weight is 245 g/mol. The molecule has 0 unspecified atom stereocenters. The van der Waals surface area contributed by atoms with Crippen molar-refractivity contribution in [2.45, 2.75) is 6.92 Å². The number of hydrogen-bond donors (Lipinski definition) is 1. The Balaban J connectivity index is 2.03. The van der Waals surface area contributed by atoms with Crippen LogP contribution in [0.1, 0.15) is 5.56 Å². The minimum absolute atomic E-state index is 0.300. The molecule has 0 amide bonds. The second-order valence-electron chi connectivity index (χ2n) is 3.72. The van der Waals surface area contributed by atoms with E-state index in [1.807, 2.05) is 0 Å². The first kappa shape index (κ1) is 10.6. The van der Waals surface area contributed by atoms with Gasteiger partial charge in [-0.1, -0.05) is 5.16 Å². The summed E-state index contributed by atoms with van der Waals surface area (Å²) in [4.78, 5) is 8.10. The lowest BCUT2D eigenvalue weighted by Crippen LogP contribution is -1.86. The summed E-state index contributed by atoms with van der Waals surface area (Å²) >= 11 is 0.